The number of rotatable bonds is 8. The lowest BCUT2D eigenvalue weighted by Crippen LogP contribution is -2.48. The molecule has 2 aromatic carbocycles. The Morgan fingerprint density at radius 3 is 2.48 bits per heavy atom. The third kappa shape index (κ3) is 5.70. The first-order chi connectivity index (χ1) is 15.0. The fraction of sp³-hybridized carbons (Fsp3) is 0.520. The van der Waals surface area contributed by atoms with E-state index in [1.807, 2.05) is 6.07 Å². The van der Waals surface area contributed by atoms with Gasteiger partial charge in [0.1, 0.15) is 18.5 Å². The molecule has 0 unspecified atom stereocenters. The fourth-order valence-electron chi connectivity index (χ4n) is 4.21. The monoisotopic (exact) mass is 426 g/mol. The average molecular weight is 427 g/mol. The first kappa shape index (κ1) is 21.9. The first-order valence-corrected chi connectivity index (χ1v) is 11.2. The molecule has 1 saturated heterocycles. The zero-order chi connectivity index (χ0) is 21.8. The summed E-state index contributed by atoms with van der Waals surface area (Å²) in [6.45, 7) is 12.4. The molecule has 6 heteroatoms. The van der Waals surface area contributed by atoms with Gasteiger partial charge in [-0.1, -0.05) is 32.0 Å². The highest BCUT2D eigenvalue weighted by Crippen LogP contribution is 2.33. The second-order valence-electron chi connectivity index (χ2n) is 8.93. The van der Waals surface area contributed by atoms with Crippen molar-refractivity contribution in [3.8, 4) is 17.2 Å². The third-order valence-electron chi connectivity index (χ3n) is 6.00. The predicted octanol–water partition coefficient (Wildman–Crippen LogP) is 3.40. The van der Waals surface area contributed by atoms with E-state index in [0.717, 1.165) is 50.0 Å². The van der Waals surface area contributed by atoms with Crippen LogP contribution < -0.4 is 14.2 Å². The highest BCUT2D eigenvalue weighted by molar-refractivity contribution is 5.44. The van der Waals surface area contributed by atoms with Crippen LogP contribution in [-0.4, -0.2) is 67.1 Å². The van der Waals surface area contributed by atoms with Crippen molar-refractivity contribution >= 4 is 0 Å². The molecule has 1 N–H and O–H groups in total. The third-order valence-corrected chi connectivity index (χ3v) is 6.00. The van der Waals surface area contributed by atoms with Crippen LogP contribution in [0.3, 0.4) is 0 Å². The van der Waals surface area contributed by atoms with Crippen LogP contribution >= 0.6 is 0 Å². The average Bonchev–Trinajstić information content (AvgIpc) is 3.21. The quantitative estimate of drug-likeness (QED) is 0.698. The summed E-state index contributed by atoms with van der Waals surface area (Å²) in [5.74, 6) is 2.96. The van der Waals surface area contributed by atoms with E-state index in [4.69, 9.17) is 14.2 Å². The van der Waals surface area contributed by atoms with Crippen molar-refractivity contribution < 1.29 is 19.3 Å². The molecule has 0 spiro atoms. The highest BCUT2D eigenvalue weighted by Gasteiger charge is 2.21. The minimum Gasteiger partial charge on any atom is -0.491 e. The minimum atomic E-state index is -0.499. The molecule has 1 atom stereocenters. The van der Waals surface area contributed by atoms with E-state index in [2.05, 4.69) is 60.9 Å². The van der Waals surface area contributed by atoms with Crippen LogP contribution in [0, 0.1) is 6.92 Å². The molecule has 2 aliphatic rings. The number of nitrogens with zero attached hydrogens (tertiary/aromatic N) is 2. The Labute approximate surface area is 185 Å². The van der Waals surface area contributed by atoms with Gasteiger partial charge < -0.3 is 19.3 Å². The van der Waals surface area contributed by atoms with Gasteiger partial charge in [0.2, 0.25) is 6.79 Å². The van der Waals surface area contributed by atoms with Gasteiger partial charge >= 0.3 is 0 Å². The van der Waals surface area contributed by atoms with Gasteiger partial charge in [0.05, 0.1) is 0 Å². The fourth-order valence-corrected chi connectivity index (χ4v) is 4.21. The Morgan fingerprint density at radius 2 is 1.71 bits per heavy atom. The van der Waals surface area contributed by atoms with E-state index < -0.39 is 6.10 Å². The Bertz CT molecular complexity index is 878. The van der Waals surface area contributed by atoms with E-state index in [0.29, 0.717) is 25.9 Å². The number of fused-ring (bicyclic) bond motifs is 1. The van der Waals surface area contributed by atoms with E-state index >= 15 is 0 Å². The van der Waals surface area contributed by atoms with Crippen LogP contribution in [-0.2, 0) is 6.54 Å². The maximum absolute atomic E-state index is 10.5. The summed E-state index contributed by atoms with van der Waals surface area (Å²) in [5, 5.41) is 10.5. The van der Waals surface area contributed by atoms with Gasteiger partial charge in [-0.3, -0.25) is 9.80 Å². The minimum absolute atomic E-state index is 0.312. The number of hydrogen-bond acceptors (Lipinski definition) is 6. The molecule has 0 bridgehead atoms. The summed E-state index contributed by atoms with van der Waals surface area (Å²) >= 11 is 0. The van der Waals surface area contributed by atoms with Crippen LogP contribution in [0.15, 0.2) is 36.4 Å². The van der Waals surface area contributed by atoms with Crippen LogP contribution in [0.25, 0.3) is 0 Å². The summed E-state index contributed by atoms with van der Waals surface area (Å²) in [6, 6.07) is 12.5. The van der Waals surface area contributed by atoms with Crippen LogP contribution in [0.5, 0.6) is 17.2 Å². The lowest BCUT2D eigenvalue weighted by molar-refractivity contribution is 0.0443. The number of aryl methyl sites for hydroxylation is 1. The van der Waals surface area contributed by atoms with Gasteiger partial charge in [-0.05, 0) is 47.7 Å². The van der Waals surface area contributed by atoms with Crippen molar-refractivity contribution in [2.75, 3.05) is 46.1 Å². The number of hydrogen-bond donors (Lipinski definition) is 1. The molecule has 0 radical (unpaired) electrons. The van der Waals surface area contributed by atoms with Gasteiger partial charge in [-0.2, -0.15) is 0 Å². The van der Waals surface area contributed by atoms with Crippen molar-refractivity contribution in [3.63, 3.8) is 0 Å². The van der Waals surface area contributed by atoms with Crippen LogP contribution in [0.4, 0.5) is 0 Å². The van der Waals surface area contributed by atoms with Gasteiger partial charge in [0, 0.05) is 39.3 Å². The molecule has 2 aromatic rings. The van der Waals surface area contributed by atoms with Gasteiger partial charge in [-0.15, -0.1) is 0 Å². The molecule has 2 heterocycles. The van der Waals surface area contributed by atoms with Crippen molar-refractivity contribution in [3.05, 3.63) is 53.1 Å². The van der Waals surface area contributed by atoms with E-state index in [1.54, 1.807) is 0 Å². The van der Waals surface area contributed by atoms with Gasteiger partial charge in [0.15, 0.2) is 11.5 Å². The summed E-state index contributed by atoms with van der Waals surface area (Å²) in [5.41, 5.74) is 3.60. The maximum atomic E-state index is 10.5. The van der Waals surface area contributed by atoms with E-state index in [-0.39, 0.29) is 0 Å². The van der Waals surface area contributed by atoms with Crippen molar-refractivity contribution in [1.82, 2.24) is 9.80 Å². The number of piperazine rings is 1. The molecule has 1 fully saturated rings. The number of aliphatic hydroxyl groups excluding tert-OH is 1. The number of β-amino-alcohol motifs (C(OH)–C–C–N with tert-alkyl or cyclic N) is 1. The first-order valence-electron chi connectivity index (χ1n) is 11.2. The number of benzene rings is 2. The maximum Gasteiger partial charge on any atom is 0.231 e. The molecule has 6 nitrogen and oxygen atoms in total. The summed E-state index contributed by atoms with van der Waals surface area (Å²) in [7, 11) is 0. The zero-order valence-corrected chi connectivity index (χ0v) is 18.8. The summed E-state index contributed by atoms with van der Waals surface area (Å²) < 4.78 is 16.9. The van der Waals surface area contributed by atoms with E-state index in [9.17, 15) is 5.11 Å². The Morgan fingerprint density at radius 1 is 0.968 bits per heavy atom. The standard InChI is InChI=1S/C25H34N2O4/c1-18(2)22-6-4-19(3)12-24(22)29-16-21(28)15-27-10-8-26(9-11-27)14-20-5-7-23-25(13-20)31-17-30-23/h4-7,12-13,18,21,28H,8-11,14-17H2,1-3H3/t21-/m1/s1. The summed E-state index contributed by atoms with van der Waals surface area (Å²) in [6.07, 6.45) is -0.499. The van der Waals surface area contributed by atoms with Gasteiger partial charge in [-0.25, -0.2) is 0 Å². The lowest BCUT2D eigenvalue weighted by Gasteiger charge is -2.35. The van der Waals surface area contributed by atoms with E-state index in [1.165, 1.54) is 16.7 Å². The molecular weight excluding hydrogens is 392 g/mol. The van der Waals surface area contributed by atoms with Gasteiger partial charge in [0.25, 0.3) is 0 Å². The molecule has 31 heavy (non-hydrogen) atoms. The number of aliphatic hydroxyl groups is 1. The van der Waals surface area contributed by atoms with Crippen molar-refractivity contribution in [2.24, 2.45) is 0 Å². The van der Waals surface area contributed by atoms with Crippen LogP contribution in [0.1, 0.15) is 36.5 Å². The van der Waals surface area contributed by atoms with Crippen molar-refractivity contribution in [2.45, 2.75) is 39.3 Å². The number of ether oxygens (including phenoxy) is 3. The highest BCUT2D eigenvalue weighted by atomic mass is 16.7. The molecule has 0 amide bonds. The Balaban J connectivity index is 1.21. The van der Waals surface area contributed by atoms with Crippen molar-refractivity contribution in [1.29, 1.82) is 0 Å². The largest absolute Gasteiger partial charge is 0.491 e. The predicted molar refractivity (Wildman–Crippen MR) is 121 cm³/mol. The lowest BCUT2D eigenvalue weighted by atomic mass is 10.0. The molecular formula is C25H34N2O4. The molecule has 0 saturated carbocycles. The Kier molecular flexibility index (Phi) is 7.00. The topological polar surface area (TPSA) is 54.4 Å². The smallest absolute Gasteiger partial charge is 0.231 e. The SMILES string of the molecule is Cc1ccc(C(C)C)c(OC[C@H](O)CN2CCN(Cc3ccc4c(c3)OCO4)CC2)c1. The molecule has 0 aliphatic carbocycles. The normalized spacial score (nSPS) is 17.8. The molecule has 0 aromatic heterocycles. The molecule has 168 valence electrons. The second-order valence-corrected chi connectivity index (χ2v) is 8.93. The summed E-state index contributed by atoms with van der Waals surface area (Å²) in [4.78, 5) is 4.77. The Hall–Kier alpha value is -2.28. The molecule has 2 aliphatic heterocycles. The second kappa shape index (κ2) is 9.90. The zero-order valence-electron chi connectivity index (χ0n) is 18.8. The molecule has 4 rings (SSSR count). The van der Waals surface area contributed by atoms with Crippen LogP contribution in [0.2, 0.25) is 0 Å².